The number of carbonyl (C=O) groups excluding carboxylic acids is 1. The largest absolute Gasteiger partial charge is 0.479 e. The van der Waals surface area contributed by atoms with Crippen molar-refractivity contribution < 1.29 is 19.8 Å². The van der Waals surface area contributed by atoms with E-state index in [4.69, 9.17) is 28.3 Å². The summed E-state index contributed by atoms with van der Waals surface area (Å²) in [5.74, 6) is -1.09. The van der Waals surface area contributed by atoms with Gasteiger partial charge in [0.15, 0.2) is 5.60 Å². The van der Waals surface area contributed by atoms with E-state index in [-0.39, 0.29) is 6.54 Å². The maximum absolute atomic E-state index is 11.9. The SMILES string of the molecule is CC(O)(CNC(=O)Nc1ccnn1Cc1c(Cl)cccc1Cl)C(=O)O. The van der Waals surface area contributed by atoms with E-state index in [1.54, 1.807) is 24.3 Å². The number of aromatic nitrogens is 2. The molecule has 0 aliphatic rings. The van der Waals surface area contributed by atoms with Gasteiger partial charge < -0.3 is 15.5 Å². The zero-order valence-corrected chi connectivity index (χ0v) is 14.7. The van der Waals surface area contributed by atoms with Gasteiger partial charge >= 0.3 is 12.0 Å². The second-order valence-corrected chi connectivity index (χ2v) is 6.28. The number of carboxylic acids is 1. The van der Waals surface area contributed by atoms with Crippen LogP contribution in [0.15, 0.2) is 30.5 Å². The number of nitrogens with zero attached hydrogens (tertiary/aromatic N) is 2. The van der Waals surface area contributed by atoms with Crippen LogP contribution in [0.2, 0.25) is 10.0 Å². The molecule has 2 rings (SSSR count). The van der Waals surface area contributed by atoms with Crippen LogP contribution < -0.4 is 10.6 Å². The minimum absolute atomic E-state index is 0.230. The van der Waals surface area contributed by atoms with Crippen molar-refractivity contribution in [2.75, 3.05) is 11.9 Å². The van der Waals surface area contributed by atoms with Crippen LogP contribution in [0.1, 0.15) is 12.5 Å². The van der Waals surface area contributed by atoms with Gasteiger partial charge in [-0.05, 0) is 19.1 Å². The smallest absolute Gasteiger partial charge is 0.337 e. The Morgan fingerprint density at radius 3 is 2.52 bits per heavy atom. The topological polar surface area (TPSA) is 116 Å². The molecule has 0 radical (unpaired) electrons. The van der Waals surface area contributed by atoms with Crippen LogP contribution in [-0.2, 0) is 11.3 Å². The molecule has 1 heterocycles. The Balaban J connectivity index is 2.04. The Morgan fingerprint density at radius 2 is 1.92 bits per heavy atom. The number of carboxylic acid groups (broad SMARTS) is 1. The molecule has 25 heavy (non-hydrogen) atoms. The molecule has 0 saturated carbocycles. The first-order chi connectivity index (χ1) is 11.7. The van der Waals surface area contributed by atoms with Gasteiger partial charge in [-0.1, -0.05) is 29.3 Å². The van der Waals surface area contributed by atoms with E-state index in [0.717, 1.165) is 6.92 Å². The molecule has 0 aliphatic carbocycles. The van der Waals surface area contributed by atoms with Crippen molar-refractivity contribution in [2.45, 2.75) is 19.1 Å². The fourth-order valence-electron chi connectivity index (χ4n) is 1.89. The van der Waals surface area contributed by atoms with Gasteiger partial charge in [-0.15, -0.1) is 0 Å². The van der Waals surface area contributed by atoms with Crippen LogP contribution in [0.5, 0.6) is 0 Å². The number of hydrogen-bond donors (Lipinski definition) is 4. The average molecular weight is 387 g/mol. The van der Waals surface area contributed by atoms with E-state index in [9.17, 15) is 14.7 Å². The van der Waals surface area contributed by atoms with Crippen LogP contribution in [0, 0.1) is 0 Å². The lowest BCUT2D eigenvalue weighted by Crippen LogP contribution is -2.47. The molecule has 0 aliphatic heterocycles. The molecule has 0 fully saturated rings. The maximum Gasteiger partial charge on any atom is 0.337 e. The molecule has 0 spiro atoms. The summed E-state index contributed by atoms with van der Waals surface area (Å²) in [5, 5.41) is 28.2. The van der Waals surface area contributed by atoms with Gasteiger partial charge in [-0.25, -0.2) is 14.3 Å². The highest BCUT2D eigenvalue weighted by atomic mass is 35.5. The van der Waals surface area contributed by atoms with Gasteiger partial charge in [-0.2, -0.15) is 5.10 Å². The predicted molar refractivity (Wildman–Crippen MR) is 93.1 cm³/mol. The number of anilines is 1. The van der Waals surface area contributed by atoms with Crippen LogP contribution in [0.4, 0.5) is 10.6 Å². The van der Waals surface area contributed by atoms with Gasteiger partial charge in [0.05, 0.1) is 19.3 Å². The standard InChI is InChI=1S/C15H16Cl2N4O4/c1-15(25,13(22)23)8-18-14(24)20-12-5-6-19-21(12)7-9-10(16)3-2-4-11(9)17/h2-6,25H,7-8H2,1H3,(H,22,23)(H2,18,20,24). The molecule has 1 aromatic carbocycles. The molecule has 2 amide bonds. The lowest BCUT2D eigenvalue weighted by molar-refractivity contribution is -0.155. The van der Waals surface area contributed by atoms with Gasteiger partial charge in [0.2, 0.25) is 0 Å². The third-order valence-corrected chi connectivity index (χ3v) is 4.09. The van der Waals surface area contributed by atoms with Crippen LogP contribution >= 0.6 is 23.2 Å². The molecule has 1 unspecified atom stereocenters. The van der Waals surface area contributed by atoms with Crippen LogP contribution in [0.25, 0.3) is 0 Å². The van der Waals surface area contributed by atoms with Crippen molar-refractivity contribution in [1.82, 2.24) is 15.1 Å². The molecule has 1 atom stereocenters. The summed E-state index contributed by atoms with van der Waals surface area (Å²) in [6, 6.07) is 5.98. The molecule has 10 heteroatoms. The van der Waals surface area contributed by atoms with Crippen LogP contribution in [0.3, 0.4) is 0 Å². The first-order valence-corrected chi connectivity index (χ1v) is 7.91. The monoisotopic (exact) mass is 386 g/mol. The number of benzene rings is 1. The first-order valence-electron chi connectivity index (χ1n) is 7.16. The highest BCUT2D eigenvalue weighted by Crippen LogP contribution is 2.25. The van der Waals surface area contributed by atoms with Crippen molar-refractivity contribution in [3.63, 3.8) is 0 Å². The summed E-state index contributed by atoms with van der Waals surface area (Å²) in [6.07, 6.45) is 1.48. The summed E-state index contributed by atoms with van der Waals surface area (Å²) >= 11 is 12.3. The van der Waals surface area contributed by atoms with E-state index in [2.05, 4.69) is 15.7 Å². The highest BCUT2D eigenvalue weighted by Gasteiger charge is 2.30. The number of halogens is 2. The minimum atomic E-state index is -2.07. The summed E-state index contributed by atoms with van der Waals surface area (Å²) < 4.78 is 1.47. The molecule has 0 saturated heterocycles. The highest BCUT2D eigenvalue weighted by molar-refractivity contribution is 6.35. The third kappa shape index (κ3) is 4.85. The molecule has 8 nitrogen and oxygen atoms in total. The van der Waals surface area contributed by atoms with Crippen LogP contribution in [-0.4, -0.2) is 44.1 Å². The fourth-order valence-corrected chi connectivity index (χ4v) is 2.40. The number of urea groups is 1. The zero-order valence-electron chi connectivity index (χ0n) is 13.2. The van der Waals surface area contributed by atoms with E-state index in [1.165, 1.54) is 10.9 Å². The van der Waals surface area contributed by atoms with E-state index < -0.39 is 24.1 Å². The predicted octanol–water partition coefficient (Wildman–Crippen LogP) is 2.20. The van der Waals surface area contributed by atoms with Crippen molar-refractivity contribution in [1.29, 1.82) is 0 Å². The Bertz CT molecular complexity index is 771. The Morgan fingerprint density at radius 1 is 1.28 bits per heavy atom. The molecule has 0 bridgehead atoms. The molecule has 134 valence electrons. The lowest BCUT2D eigenvalue weighted by Gasteiger charge is -2.18. The lowest BCUT2D eigenvalue weighted by atomic mass is 10.1. The normalized spacial score (nSPS) is 13.1. The number of hydrogen-bond acceptors (Lipinski definition) is 4. The molecule has 2 aromatic rings. The van der Waals surface area contributed by atoms with Crippen molar-refractivity contribution >= 4 is 41.0 Å². The first kappa shape index (κ1) is 19.0. The third-order valence-electron chi connectivity index (χ3n) is 3.38. The molecular formula is C15H16Cl2N4O4. The zero-order chi connectivity index (χ0) is 18.6. The van der Waals surface area contributed by atoms with E-state index >= 15 is 0 Å². The maximum atomic E-state index is 11.9. The van der Waals surface area contributed by atoms with Gasteiger partial charge in [0.25, 0.3) is 0 Å². The number of amides is 2. The average Bonchev–Trinajstić information content (AvgIpc) is 2.96. The Kier molecular flexibility index (Phi) is 5.89. The summed E-state index contributed by atoms with van der Waals surface area (Å²) in [4.78, 5) is 22.7. The second-order valence-electron chi connectivity index (χ2n) is 5.46. The quantitative estimate of drug-likeness (QED) is 0.606. The second kappa shape index (κ2) is 7.73. The van der Waals surface area contributed by atoms with E-state index in [1.807, 2.05) is 0 Å². The minimum Gasteiger partial charge on any atom is -0.479 e. The fraction of sp³-hybridized carbons (Fsp3) is 0.267. The number of aliphatic carboxylic acids is 1. The Hall–Kier alpha value is -2.29. The van der Waals surface area contributed by atoms with Crippen molar-refractivity contribution in [2.24, 2.45) is 0 Å². The number of rotatable bonds is 6. The molecule has 4 N–H and O–H groups in total. The van der Waals surface area contributed by atoms with Gasteiger partial charge in [0, 0.05) is 21.7 Å². The van der Waals surface area contributed by atoms with Crippen molar-refractivity contribution in [3.05, 3.63) is 46.1 Å². The summed E-state index contributed by atoms with van der Waals surface area (Å²) in [6.45, 7) is 0.853. The van der Waals surface area contributed by atoms with E-state index in [0.29, 0.717) is 21.4 Å². The molecular weight excluding hydrogens is 371 g/mol. The Labute approximate surface area is 153 Å². The van der Waals surface area contributed by atoms with Gasteiger partial charge in [-0.3, -0.25) is 5.32 Å². The number of nitrogens with one attached hydrogen (secondary N) is 2. The van der Waals surface area contributed by atoms with Gasteiger partial charge in [0.1, 0.15) is 5.82 Å². The summed E-state index contributed by atoms with van der Waals surface area (Å²) in [5.41, 5.74) is -1.42. The number of aliphatic hydroxyl groups is 1. The summed E-state index contributed by atoms with van der Waals surface area (Å²) in [7, 11) is 0. The number of carbonyl (C=O) groups is 2. The van der Waals surface area contributed by atoms with Crippen molar-refractivity contribution in [3.8, 4) is 0 Å². The molecule has 1 aromatic heterocycles.